The number of hydrogen-bond donors (Lipinski definition) is 2. The van der Waals surface area contributed by atoms with Crippen LogP contribution < -0.4 is 10.6 Å². The quantitative estimate of drug-likeness (QED) is 0.500. The summed E-state index contributed by atoms with van der Waals surface area (Å²) < 4.78 is 5.74. The second-order valence-electron chi connectivity index (χ2n) is 5.57. The maximum absolute atomic E-state index is 5.74. The van der Waals surface area contributed by atoms with Crippen molar-refractivity contribution in [1.82, 2.24) is 10.6 Å². The molecular weight excluding hydrogens is 238 g/mol. The van der Waals surface area contributed by atoms with Gasteiger partial charge in [-0.3, -0.25) is 4.99 Å². The van der Waals surface area contributed by atoms with E-state index >= 15 is 0 Å². The molecule has 0 spiro atoms. The molecule has 4 heteroatoms. The Kier molecular flexibility index (Phi) is 10.6. The molecule has 19 heavy (non-hydrogen) atoms. The van der Waals surface area contributed by atoms with Gasteiger partial charge >= 0.3 is 0 Å². The van der Waals surface area contributed by atoms with Crippen molar-refractivity contribution in [1.29, 1.82) is 0 Å². The van der Waals surface area contributed by atoms with E-state index in [1.165, 1.54) is 0 Å². The molecule has 1 unspecified atom stereocenters. The Labute approximate surface area is 119 Å². The number of guanidine groups is 1. The molecule has 0 saturated heterocycles. The Morgan fingerprint density at radius 3 is 2.26 bits per heavy atom. The third kappa shape index (κ3) is 9.77. The van der Waals surface area contributed by atoms with E-state index in [-0.39, 0.29) is 0 Å². The maximum atomic E-state index is 5.74. The van der Waals surface area contributed by atoms with Crippen LogP contribution in [0.15, 0.2) is 4.99 Å². The van der Waals surface area contributed by atoms with Crippen LogP contribution in [0.4, 0.5) is 0 Å². The predicted octanol–water partition coefficient (Wildman–Crippen LogP) is 2.65. The Morgan fingerprint density at radius 1 is 1.11 bits per heavy atom. The summed E-state index contributed by atoms with van der Waals surface area (Å²) in [5, 5.41) is 6.65. The van der Waals surface area contributed by atoms with Crippen molar-refractivity contribution in [3.8, 4) is 0 Å². The number of ether oxygens (including phenoxy) is 1. The van der Waals surface area contributed by atoms with Crippen molar-refractivity contribution in [2.75, 3.05) is 26.2 Å². The predicted molar refractivity (Wildman–Crippen MR) is 83.7 cm³/mol. The zero-order chi connectivity index (χ0) is 14.7. The Bertz CT molecular complexity index is 240. The first-order valence-corrected chi connectivity index (χ1v) is 7.64. The van der Waals surface area contributed by atoms with Gasteiger partial charge in [0.25, 0.3) is 0 Å². The fraction of sp³-hybridized carbons (Fsp3) is 0.933. The smallest absolute Gasteiger partial charge is 0.191 e. The van der Waals surface area contributed by atoms with Crippen LogP contribution in [0.2, 0.25) is 0 Å². The number of nitrogens with one attached hydrogen (secondary N) is 2. The van der Waals surface area contributed by atoms with Crippen molar-refractivity contribution >= 4 is 5.96 Å². The Hall–Kier alpha value is -0.770. The van der Waals surface area contributed by atoms with Gasteiger partial charge in [0.05, 0.1) is 6.10 Å². The first kappa shape index (κ1) is 18.2. The standard InChI is InChI=1S/C15H33N3O/c1-7-16-15(18-11-12(3)4)17-10-9-14(13(5)6)19-8-2/h12-14H,7-11H2,1-6H3,(H2,16,17,18). The highest BCUT2D eigenvalue weighted by atomic mass is 16.5. The molecule has 0 bridgehead atoms. The lowest BCUT2D eigenvalue weighted by Gasteiger charge is -2.21. The van der Waals surface area contributed by atoms with E-state index in [4.69, 9.17) is 4.74 Å². The van der Waals surface area contributed by atoms with E-state index in [1.54, 1.807) is 0 Å². The van der Waals surface area contributed by atoms with Crippen LogP contribution >= 0.6 is 0 Å². The molecule has 0 radical (unpaired) electrons. The fourth-order valence-electron chi connectivity index (χ4n) is 1.77. The maximum Gasteiger partial charge on any atom is 0.191 e. The van der Waals surface area contributed by atoms with Gasteiger partial charge in [-0.15, -0.1) is 0 Å². The van der Waals surface area contributed by atoms with Crippen molar-refractivity contribution in [3.63, 3.8) is 0 Å². The summed E-state index contributed by atoms with van der Waals surface area (Å²) in [6.07, 6.45) is 1.34. The molecule has 0 amide bonds. The lowest BCUT2D eigenvalue weighted by atomic mass is 10.0. The largest absolute Gasteiger partial charge is 0.378 e. The zero-order valence-electron chi connectivity index (χ0n) is 13.6. The third-order valence-electron chi connectivity index (χ3n) is 2.80. The first-order chi connectivity index (χ1) is 9.01. The van der Waals surface area contributed by atoms with Gasteiger partial charge in [0.2, 0.25) is 0 Å². The van der Waals surface area contributed by atoms with Gasteiger partial charge in [0.1, 0.15) is 0 Å². The first-order valence-electron chi connectivity index (χ1n) is 7.64. The molecule has 0 fully saturated rings. The fourth-order valence-corrected chi connectivity index (χ4v) is 1.77. The molecule has 0 heterocycles. The molecule has 0 aromatic rings. The van der Waals surface area contributed by atoms with E-state index in [0.717, 1.165) is 38.6 Å². The van der Waals surface area contributed by atoms with Crippen molar-refractivity contribution in [3.05, 3.63) is 0 Å². The summed E-state index contributed by atoms with van der Waals surface area (Å²) in [6, 6.07) is 0. The molecule has 0 rings (SSSR count). The van der Waals surface area contributed by atoms with Gasteiger partial charge in [0, 0.05) is 26.2 Å². The highest BCUT2D eigenvalue weighted by molar-refractivity contribution is 5.79. The molecular formula is C15H33N3O. The number of hydrogen-bond acceptors (Lipinski definition) is 2. The van der Waals surface area contributed by atoms with Crippen LogP contribution in [0.5, 0.6) is 0 Å². The van der Waals surface area contributed by atoms with E-state index in [2.05, 4.69) is 57.2 Å². The van der Waals surface area contributed by atoms with Crippen LogP contribution in [0.25, 0.3) is 0 Å². The molecule has 4 nitrogen and oxygen atoms in total. The van der Waals surface area contributed by atoms with E-state index in [1.807, 2.05) is 0 Å². The number of aliphatic imine (C=N–C) groups is 1. The van der Waals surface area contributed by atoms with Gasteiger partial charge in [-0.25, -0.2) is 0 Å². The van der Waals surface area contributed by atoms with Crippen LogP contribution in [-0.4, -0.2) is 38.3 Å². The number of nitrogens with zero attached hydrogens (tertiary/aromatic N) is 1. The number of rotatable bonds is 9. The minimum Gasteiger partial charge on any atom is -0.378 e. The molecule has 0 aromatic heterocycles. The second kappa shape index (κ2) is 11.1. The van der Waals surface area contributed by atoms with Crippen LogP contribution in [0.1, 0.15) is 48.0 Å². The molecule has 0 aliphatic carbocycles. The van der Waals surface area contributed by atoms with E-state index in [9.17, 15) is 0 Å². The van der Waals surface area contributed by atoms with Gasteiger partial charge in [-0.1, -0.05) is 27.7 Å². The average molecular weight is 271 g/mol. The van der Waals surface area contributed by atoms with Crippen LogP contribution in [0.3, 0.4) is 0 Å². The topological polar surface area (TPSA) is 45.7 Å². The highest BCUT2D eigenvalue weighted by Crippen LogP contribution is 2.09. The molecule has 2 N–H and O–H groups in total. The SMILES string of the molecule is CCNC(=NCC(C)C)NCCC(OCC)C(C)C. The van der Waals surface area contributed by atoms with Crippen LogP contribution in [-0.2, 0) is 4.74 Å². The van der Waals surface area contributed by atoms with Crippen molar-refractivity contribution in [2.24, 2.45) is 16.8 Å². The second-order valence-corrected chi connectivity index (χ2v) is 5.57. The van der Waals surface area contributed by atoms with E-state index < -0.39 is 0 Å². The summed E-state index contributed by atoms with van der Waals surface area (Å²) in [5.41, 5.74) is 0. The van der Waals surface area contributed by atoms with Gasteiger partial charge in [0.15, 0.2) is 5.96 Å². The summed E-state index contributed by atoms with van der Waals surface area (Å²) in [6.45, 7) is 16.3. The molecule has 0 aromatic carbocycles. The monoisotopic (exact) mass is 271 g/mol. The van der Waals surface area contributed by atoms with Gasteiger partial charge in [-0.2, -0.15) is 0 Å². The molecule has 0 saturated carbocycles. The summed E-state index contributed by atoms with van der Waals surface area (Å²) >= 11 is 0. The molecule has 1 atom stereocenters. The zero-order valence-corrected chi connectivity index (χ0v) is 13.6. The summed E-state index contributed by atoms with van der Waals surface area (Å²) in [5.74, 6) is 2.05. The normalized spacial score (nSPS) is 14.0. The minimum absolute atomic E-state index is 0.325. The Morgan fingerprint density at radius 2 is 1.79 bits per heavy atom. The summed E-state index contributed by atoms with van der Waals surface area (Å²) in [4.78, 5) is 4.55. The lowest BCUT2D eigenvalue weighted by molar-refractivity contribution is 0.0258. The molecule has 0 aliphatic heterocycles. The lowest BCUT2D eigenvalue weighted by Crippen LogP contribution is -2.39. The molecule has 114 valence electrons. The minimum atomic E-state index is 0.325. The summed E-state index contributed by atoms with van der Waals surface area (Å²) in [7, 11) is 0. The van der Waals surface area contributed by atoms with Gasteiger partial charge in [-0.05, 0) is 32.1 Å². The molecule has 0 aliphatic rings. The van der Waals surface area contributed by atoms with Crippen molar-refractivity contribution < 1.29 is 4.74 Å². The van der Waals surface area contributed by atoms with Crippen molar-refractivity contribution in [2.45, 2.75) is 54.1 Å². The average Bonchev–Trinajstić information content (AvgIpc) is 2.34. The van der Waals surface area contributed by atoms with E-state index in [0.29, 0.717) is 17.9 Å². The third-order valence-corrected chi connectivity index (χ3v) is 2.80. The van der Waals surface area contributed by atoms with Gasteiger partial charge < -0.3 is 15.4 Å². The highest BCUT2D eigenvalue weighted by Gasteiger charge is 2.12. The van der Waals surface area contributed by atoms with Crippen LogP contribution in [0, 0.1) is 11.8 Å². The Balaban J connectivity index is 4.12.